The number of aromatic nitrogens is 2. The Kier molecular flexibility index (Phi) is 3.41. The van der Waals surface area contributed by atoms with E-state index >= 15 is 0 Å². The molecule has 16 heavy (non-hydrogen) atoms. The van der Waals surface area contributed by atoms with Crippen molar-refractivity contribution in [2.24, 2.45) is 0 Å². The van der Waals surface area contributed by atoms with Gasteiger partial charge in [0.05, 0.1) is 0 Å². The fraction of sp³-hybridized carbons (Fsp3) is 0.273. The van der Waals surface area contributed by atoms with Gasteiger partial charge in [0.15, 0.2) is 12.2 Å². The van der Waals surface area contributed by atoms with Crippen LogP contribution in [0, 0.1) is 0 Å². The van der Waals surface area contributed by atoms with Gasteiger partial charge in [-0.15, -0.1) is 0 Å². The van der Waals surface area contributed by atoms with E-state index in [-0.39, 0.29) is 0 Å². The Morgan fingerprint density at radius 3 is 2.81 bits per heavy atom. The minimum absolute atomic E-state index is 0.508. The summed E-state index contributed by atoms with van der Waals surface area (Å²) in [6.45, 7) is 3.67. The smallest absolute Gasteiger partial charge is 0.182 e. The fourth-order valence-electron chi connectivity index (χ4n) is 1.44. The SMILES string of the molecule is CCN(Cc1ccc(Cl)nc1)c1cocn1. The topological polar surface area (TPSA) is 42.2 Å². The molecule has 0 saturated carbocycles. The number of hydrogen-bond donors (Lipinski definition) is 0. The summed E-state index contributed by atoms with van der Waals surface area (Å²) < 4.78 is 4.96. The number of anilines is 1. The van der Waals surface area contributed by atoms with E-state index in [2.05, 4.69) is 21.8 Å². The Bertz CT molecular complexity index is 427. The molecule has 0 aliphatic heterocycles. The van der Waals surface area contributed by atoms with Gasteiger partial charge in [0.1, 0.15) is 11.4 Å². The van der Waals surface area contributed by atoms with Crippen LogP contribution in [0.25, 0.3) is 0 Å². The van der Waals surface area contributed by atoms with Crippen molar-refractivity contribution in [2.75, 3.05) is 11.4 Å². The summed E-state index contributed by atoms with van der Waals surface area (Å²) in [4.78, 5) is 10.2. The molecule has 2 rings (SSSR count). The number of oxazole rings is 1. The highest BCUT2D eigenvalue weighted by atomic mass is 35.5. The van der Waals surface area contributed by atoms with E-state index in [4.69, 9.17) is 16.0 Å². The molecular weight excluding hydrogens is 226 g/mol. The first kappa shape index (κ1) is 11.0. The lowest BCUT2D eigenvalue weighted by atomic mass is 10.2. The maximum absolute atomic E-state index is 5.73. The second-order valence-corrected chi connectivity index (χ2v) is 3.74. The Balaban J connectivity index is 2.10. The van der Waals surface area contributed by atoms with Crippen molar-refractivity contribution in [1.82, 2.24) is 9.97 Å². The second kappa shape index (κ2) is 4.99. The quantitative estimate of drug-likeness (QED) is 0.767. The van der Waals surface area contributed by atoms with E-state index in [9.17, 15) is 0 Å². The normalized spacial score (nSPS) is 10.4. The summed E-state index contributed by atoms with van der Waals surface area (Å²) in [5.41, 5.74) is 1.09. The first-order valence-electron chi connectivity index (χ1n) is 5.03. The monoisotopic (exact) mass is 237 g/mol. The van der Waals surface area contributed by atoms with Crippen LogP contribution in [-0.2, 0) is 6.54 Å². The van der Waals surface area contributed by atoms with Crippen LogP contribution in [0.1, 0.15) is 12.5 Å². The van der Waals surface area contributed by atoms with Gasteiger partial charge in [-0.2, -0.15) is 4.98 Å². The zero-order valence-electron chi connectivity index (χ0n) is 8.93. The molecule has 0 N–H and O–H groups in total. The largest absolute Gasteiger partial charge is 0.449 e. The molecule has 0 aliphatic rings. The average Bonchev–Trinajstić information content (AvgIpc) is 2.82. The molecule has 4 nitrogen and oxygen atoms in total. The molecule has 0 atom stereocenters. The molecule has 0 aliphatic carbocycles. The molecule has 0 spiro atoms. The number of rotatable bonds is 4. The van der Waals surface area contributed by atoms with Gasteiger partial charge >= 0.3 is 0 Å². The highest BCUT2D eigenvalue weighted by Crippen LogP contribution is 2.14. The lowest BCUT2D eigenvalue weighted by molar-refractivity contribution is 0.557. The Hall–Kier alpha value is -1.55. The predicted octanol–water partition coefficient (Wildman–Crippen LogP) is 2.75. The number of hydrogen-bond acceptors (Lipinski definition) is 4. The van der Waals surface area contributed by atoms with Gasteiger partial charge in [-0.3, -0.25) is 0 Å². The summed E-state index contributed by atoms with van der Waals surface area (Å²) in [6, 6.07) is 3.74. The van der Waals surface area contributed by atoms with Crippen LogP contribution >= 0.6 is 11.6 Å². The zero-order valence-corrected chi connectivity index (χ0v) is 9.68. The molecule has 0 saturated heterocycles. The van der Waals surface area contributed by atoms with Gasteiger partial charge < -0.3 is 9.32 Å². The third-order valence-corrected chi connectivity index (χ3v) is 2.51. The molecule has 84 valence electrons. The summed E-state index contributed by atoms with van der Waals surface area (Å²) in [7, 11) is 0. The van der Waals surface area contributed by atoms with Crippen LogP contribution in [0.2, 0.25) is 5.15 Å². The molecule has 0 unspecified atom stereocenters. The van der Waals surface area contributed by atoms with Crippen molar-refractivity contribution in [3.8, 4) is 0 Å². The lowest BCUT2D eigenvalue weighted by Gasteiger charge is -2.19. The van der Waals surface area contributed by atoms with Crippen molar-refractivity contribution < 1.29 is 4.42 Å². The molecule has 5 heteroatoms. The number of nitrogens with zero attached hydrogens (tertiary/aromatic N) is 3. The van der Waals surface area contributed by atoms with Gasteiger partial charge in [-0.25, -0.2) is 4.98 Å². The average molecular weight is 238 g/mol. The van der Waals surface area contributed by atoms with Crippen molar-refractivity contribution in [1.29, 1.82) is 0 Å². The number of halogens is 1. The minimum atomic E-state index is 0.508. The molecular formula is C11H12ClN3O. The van der Waals surface area contributed by atoms with Gasteiger partial charge in [-0.05, 0) is 18.6 Å². The lowest BCUT2D eigenvalue weighted by Crippen LogP contribution is -2.22. The third kappa shape index (κ3) is 2.52. The molecule has 0 fully saturated rings. The Morgan fingerprint density at radius 1 is 1.38 bits per heavy atom. The third-order valence-electron chi connectivity index (χ3n) is 2.29. The van der Waals surface area contributed by atoms with Gasteiger partial charge in [-0.1, -0.05) is 17.7 Å². The predicted molar refractivity (Wildman–Crippen MR) is 62.5 cm³/mol. The zero-order chi connectivity index (χ0) is 11.4. The maximum atomic E-state index is 5.73. The van der Waals surface area contributed by atoms with Gasteiger partial charge in [0, 0.05) is 19.3 Å². The van der Waals surface area contributed by atoms with Crippen molar-refractivity contribution >= 4 is 17.4 Å². The summed E-state index contributed by atoms with van der Waals surface area (Å²) >= 11 is 5.73. The van der Waals surface area contributed by atoms with Crippen LogP contribution in [0.4, 0.5) is 5.82 Å². The molecule has 0 radical (unpaired) electrons. The Labute approximate surface area is 98.9 Å². The summed E-state index contributed by atoms with van der Waals surface area (Å²) in [5.74, 6) is 0.831. The van der Waals surface area contributed by atoms with E-state index in [0.717, 1.165) is 24.5 Å². The number of pyridine rings is 1. The highest BCUT2D eigenvalue weighted by molar-refractivity contribution is 6.29. The van der Waals surface area contributed by atoms with Crippen molar-refractivity contribution in [3.63, 3.8) is 0 Å². The van der Waals surface area contributed by atoms with E-state index in [0.29, 0.717) is 5.15 Å². The van der Waals surface area contributed by atoms with E-state index in [1.807, 2.05) is 6.07 Å². The molecule has 0 aromatic carbocycles. The van der Waals surface area contributed by atoms with Crippen molar-refractivity contribution in [3.05, 3.63) is 41.7 Å². The molecule has 2 heterocycles. The molecule has 0 amide bonds. The van der Waals surface area contributed by atoms with Crippen LogP contribution in [0.5, 0.6) is 0 Å². The van der Waals surface area contributed by atoms with E-state index in [1.165, 1.54) is 6.39 Å². The second-order valence-electron chi connectivity index (χ2n) is 3.35. The van der Waals surface area contributed by atoms with Gasteiger partial charge in [0.25, 0.3) is 0 Å². The van der Waals surface area contributed by atoms with Gasteiger partial charge in [0.2, 0.25) is 0 Å². The van der Waals surface area contributed by atoms with E-state index in [1.54, 1.807) is 18.5 Å². The summed E-state index contributed by atoms with van der Waals surface area (Å²) in [5, 5.41) is 0.508. The summed E-state index contributed by atoms with van der Waals surface area (Å²) in [6.07, 6.45) is 4.83. The van der Waals surface area contributed by atoms with Crippen molar-refractivity contribution in [2.45, 2.75) is 13.5 Å². The highest BCUT2D eigenvalue weighted by Gasteiger charge is 2.07. The van der Waals surface area contributed by atoms with Crippen LogP contribution < -0.4 is 4.90 Å². The van der Waals surface area contributed by atoms with Crippen LogP contribution in [-0.4, -0.2) is 16.5 Å². The van der Waals surface area contributed by atoms with Crippen LogP contribution in [0.15, 0.2) is 35.4 Å². The first-order chi connectivity index (χ1) is 7.79. The molecule has 2 aromatic heterocycles. The maximum Gasteiger partial charge on any atom is 0.182 e. The Morgan fingerprint density at radius 2 is 2.25 bits per heavy atom. The standard InChI is InChI=1S/C11H12ClN3O/c1-2-15(11-7-16-8-14-11)6-9-3-4-10(12)13-5-9/h3-5,7-8H,2,6H2,1H3. The first-order valence-corrected chi connectivity index (χ1v) is 5.41. The minimum Gasteiger partial charge on any atom is -0.449 e. The molecule has 2 aromatic rings. The fourth-order valence-corrected chi connectivity index (χ4v) is 1.55. The molecule has 0 bridgehead atoms. The van der Waals surface area contributed by atoms with Crippen LogP contribution in [0.3, 0.4) is 0 Å². The van der Waals surface area contributed by atoms with E-state index < -0.39 is 0 Å².